The fourth-order valence-corrected chi connectivity index (χ4v) is 3.61. The average Bonchev–Trinajstić information content (AvgIpc) is 2.86. The Morgan fingerprint density at radius 2 is 2.00 bits per heavy atom. The molecule has 1 N–H and O–H groups in total. The minimum absolute atomic E-state index is 0.481. The van der Waals surface area contributed by atoms with Gasteiger partial charge in [-0.3, -0.25) is 0 Å². The van der Waals surface area contributed by atoms with Crippen LogP contribution in [0.25, 0.3) is 0 Å². The first-order valence-electron chi connectivity index (χ1n) is 7.86. The fourth-order valence-electron chi connectivity index (χ4n) is 3.49. The van der Waals surface area contributed by atoms with Crippen molar-refractivity contribution in [1.29, 1.82) is 0 Å². The molecule has 2 aliphatic rings. The van der Waals surface area contributed by atoms with Crippen molar-refractivity contribution in [3.05, 3.63) is 34.9 Å². The highest BCUT2D eigenvalue weighted by atomic mass is 35.5. The maximum absolute atomic E-state index is 5.93. The van der Waals surface area contributed by atoms with Gasteiger partial charge in [-0.05, 0) is 55.2 Å². The van der Waals surface area contributed by atoms with Crippen molar-refractivity contribution in [1.82, 2.24) is 5.32 Å². The Morgan fingerprint density at radius 3 is 2.70 bits per heavy atom. The molecule has 1 saturated carbocycles. The van der Waals surface area contributed by atoms with Gasteiger partial charge in [0, 0.05) is 24.2 Å². The molecule has 2 unspecified atom stereocenters. The Kier molecular flexibility index (Phi) is 4.65. The first kappa shape index (κ1) is 14.4. The number of ether oxygens (including phenoxy) is 1. The molecule has 110 valence electrons. The van der Waals surface area contributed by atoms with Gasteiger partial charge in [-0.1, -0.05) is 30.7 Å². The predicted octanol–water partition coefficient (Wildman–Crippen LogP) is 3.99. The van der Waals surface area contributed by atoms with Crippen LogP contribution in [0.3, 0.4) is 0 Å². The second kappa shape index (κ2) is 6.46. The Bertz CT molecular complexity index is 427. The molecule has 0 spiro atoms. The molecule has 2 fully saturated rings. The summed E-state index contributed by atoms with van der Waals surface area (Å²) < 4.78 is 5.75. The molecule has 2 nitrogen and oxygen atoms in total. The van der Waals surface area contributed by atoms with Crippen molar-refractivity contribution >= 4 is 11.6 Å². The van der Waals surface area contributed by atoms with E-state index in [1.54, 1.807) is 0 Å². The third kappa shape index (κ3) is 3.19. The zero-order valence-corrected chi connectivity index (χ0v) is 12.9. The smallest absolute Gasteiger partial charge is 0.0613 e. The van der Waals surface area contributed by atoms with Gasteiger partial charge in [-0.2, -0.15) is 0 Å². The van der Waals surface area contributed by atoms with Crippen LogP contribution < -0.4 is 5.32 Å². The lowest BCUT2D eigenvalue weighted by atomic mass is 9.75. The SMILES string of the molecule is CCC1OCCC1CNC1CC(c2ccc(Cl)cc2)C1. The molecule has 0 amide bonds. The number of hydrogen-bond acceptors (Lipinski definition) is 2. The van der Waals surface area contributed by atoms with Gasteiger partial charge in [-0.15, -0.1) is 0 Å². The van der Waals surface area contributed by atoms with Crippen LogP contribution in [0.1, 0.15) is 44.1 Å². The van der Waals surface area contributed by atoms with E-state index in [1.165, 1.54) is 24.8 Å². The van der Waals surface area contributed by atoms with E-state index in [0.29, 0.717) is 18.1 Å². The lowest BCUT2D eigenvalue weighted by molar-refractivity contribution is 0.0853. The molecule has 1 saturated heterocycles. The fraction of sp³-hybridized carbons (Fsp3) is 0.647. The molecule has 3 rings (SSSR count). The van der Waals surface area contributed by atoms with E-state index in [0.717, 1.165) is 30.5 Å². The Hall–Kier alpha value is -0.570. The summed E-state index contributed by atoms with van der Waals surface area (Å²) in [4.78, 5) is 0. The lowest BCUT2D eigenvalue weighted by Crippen LogP contribution is -2.43. The summed E-state index contributed by atoms with van der Waals surface area (Å²) in [5.41, 5.74) is 1.43. The molecule has 0 bridgehead atoms. The van der Waals surface area contributed by atoms with Gasteiger partial charge < -0.3 is 10.1 Å². The molecule has 3 heteroatoms. The second-order valence-corrected chi connectivity index (χ2v) is 6.63. The Morgan fingerprint density at radius 1 is 1.25 bits per heavy atom. The van der Waals surface area contributed by atoms with Crippen molar-refractivity contribution in [3.8, 4) is 0 Å². The standard InChI is InChI=1S/C17H24ClNO/c1-2-17-13(7-8-20-17)11-19-16-9-14(10-16)12-3-5-15(18)6-4-12/h3-6,13-14,16-17,19H,2,7-11H2,1H3. The topological polar surface area (TPSA) is 21.3 Å². The van der Waals surface area contributed by atoms with Gasteiger partial charge >= 0.3 is 0 Å². The van der Waals surface area contributed by atoms with Crippen LogP contribution in [0.15, 0.2) is 24.3 Å². The molecule has 0 radical (unpaired) electrons. The van der Waals surface area contributed by atoms with Crippen LogP contribution in [0.4, 0.5) is 0 Å². The lowest BCUT2D eigenvalue weighted by Gasteiger charge is -2.37. The molecule has 1 aromatic carbocycles. The highest BCUT2D eigenvalue weighted by Gasteiger charge is 2.32. The molecule has 1 aliphatic heterocycles. The number of hydrogen-bond donors (Lipinski definition) is 1. The van der Waals surface area contributed by atoms with Gasteiger partial charge in [0.2, 0.25) is 0 Å². The molecule has 2 atom stereocenters. The van der Waals surface area contributed by atoms with Crippen LogP contribution in [-0.2, 0) is 4.74 Å². The summed E-state index contributed by atoms with van der Waals surface area (Å²) in [7, 11) is 0. The molecule has 20 heavy (non-hydrogen) atoms. The summed E-state index contributed by atoms with van der Waals surface area (Å²) in [6.07, 6.45) is 5.36. The minimum Gasteiger partial charge on any atom is -0.378 e. The third-order valence-corrected chi connectivity index (χ3v) is 5.15. The van der Waals surface area contributed by atoms with Crippen molar-refractivity contribution in [2.75, 3.05) is 13.2 Å². The van der Waals surface area contributed by atoms with Crippen LogP contribution in [-0.4, -0.2) is 25.3 Å². The zero-order valence-electron chi connectivity index (χ0n) is 12.1. The summed E-state index contributed by atoms with van der Waals surface area (Å²) in [6.45, 7) is 4.29. The van der Waals surface area contributed by atoms with Crippen molar-refractivity contribution in [2.45, 2.75) is 50.7 Å². The van der Waals surface area contributed by atoms with E-state index in [1.807, 2.05) is 12.1 Å². The monoisotopic (exact) mass is 293 g/mol. The van der Waals surface area contributed by atoms with Gasteiger partial charge in [0.25, 0.3) is 0 Å². The first-order chi connectivity index (χ1) is 9.76. The third-order valence-electron chi connectivity index (χ3n) is 4.90. The summed E-state index contributed by atoms with van der Waals surface area (Å²) in [6, 6.07) is 9.02. The first-order valence-corrected chi connectivity index (χ1v) is 8.24. The van der Waals surface area contributed by atoms with E-state index in [9.17, 15) is 0 Å². The van der Waals surface area contributed by atoms with E-state index in [-0.39, 0.29) is 0 Å². The van der Waals surface area contributed by atoms with Crippen LogP contribution in [0.5, 0.6) is 0 Å². The van der Waals surface area contributed by atoms with Crippen molar-refractivity contribution in [3.63, 3.8) is 0 Å². The maximum atomic E-state index is 5.93. The Labute approximate surface area is 126 Å². The number of benzene rings is 1. The van der Waals surface area contributed by atoms with Gasteiger partial charge in [0.15, 0.2) is 0 Å². The van der Waals surface area contributed by atoms with E-state index >= 15 is 0 Å². The van der Waals surface area contributed by atoms with E-state index in [4.69, 9.17) is 16.3 Å². The number of nitrogens with one attached hydrogen (secondary N) is 1. The highest BCUT2D eigenvalue weighted by molar-refractivity contribution is 6.30. The molecular formula is C17H24ClNO. The number of rotatable bonds is 5. The average molecular weight is 294 g/mol. The largest absolute Gasteiger partial charge is 0.378 e. The van der Waals surface area contributed by atoms with Gasteiger partial charge in [0.05, 0.1) is 6.10 Å². The second-order valence-electron chi connectivity index (χ2n) is 6.19. The summed E-state index contributed by atoms with van der Waals surface area (Å²) in [5, 5.41) is 4.56. The maximum Gasteiger partial charge on any atom is 0.0613 e. The summed E-state index contributed by atoms with van der Waals surface area (Å²) >= 11 is 5.93. The highest BCUT2D eigenvalue weighted by Crippen LogP contribution is 2.37. The summed E-state index contributed by atoms with van der Waals surface area (Å²) in [5.74, 6) is 1.43. The molecular weight excluding hydrogens is 270 g/mol. The molecule has 1 aliphatic carbocycles. The minimum atomic E-state index is 0.481. The van der Waals surface area contributed by atoms with E-state index in [2.05, 4.69) is 24.4 Å². The Balaban J connectivity index is 1.41. The van der Waals surface area contributed by atoms with Gasteiger partial charge in [0.1, 0.15) is 0 Å². The predicted molar refractivity (Wildman–Crippen MR) is 83.4 cm³/mol. The number of halogens is 1. The normalized spacial score (nSPS) is 33.1. The van der Waals surface area contributed by atoms with Crippen LogP contribution >= 0.6 is 11.6 Å². The zero-order chi connectivity index (χ0) is 13.9. The molecule has 1 aromatic rings. The molecule has 0 aromatic heterocycles. The van der Waals surface area contributed by atoms with Gasteiger partial charge in [-0.25, -0.2) is 0 Å². The van der Waals surface area contributed by atoms with Crippen molar-refractivity contribution in [2.24, 2.45) is 5.92 Å². The van der Waals surface area contributed by atoms with Crippen LogP contribution in [0.2, 0.25) is 5.02 Å². The van der Waals surface area contributed by atoms with Crippen molar-refractivity contribution < 1.29 is 4.74 Å². The molecule has 1 heterocycles. The quantitative estimate of drug-likeness (QED) is 0.886. The van der Waals surface area contributed by atoms with Crippen LogP contribution in [0, 0.1) is 5.92 Å². The van der Waals surface area contributed by atoms with E-state index < -0.39 is 0 Å².